The van der Waals surface area contributed by atoms with Crippen molar-refractivity contribution in [1.29, 1.82) is 0 Å². The molecular weight excluding hydrogens is 661 g/mol. The van der Waals surface area contributed by atoms with E-state index in [9.17, 15) is 0 Å². The predicted octanol–water partition coefficient (Wildman–Crippen LogP) is 14.5. The van der Waals surface area contributed by atoms with Crippen LogP contribution in [0.5, 0.6) is 0 Å². The first kappa shape index (κ1) is 30.4. The highest BCUT2D eigenvalue weighted by molar-refractivity contribution is 5.98. The molecule has 2 aliphatic rings. The molecule has 1 spiro atoms. The quantitative estimate of drug-likeness (QED) is 0.173. The molecule has 0 heterocycles. The summed E-state index contributed by atoms with van der Waals surface area (Å²) >= 11 is 0. The second-order valence-corrected chi connectivity index (χ2v) is 15.3. The van der Waals surface area contributed by atoms with Crippen LogP contribution in [-0.2, 0) is 5.41 Å². The second kappa shape index (κ2) is 11.5. The molecule has 0 nitrogen and oxygen atoms in total. The fourth-order valence-corrected chi connectivity index (χ4v) is 9.84. The van der Waals surface area contributed by atoms with Gasteiger partial charge in [-0.25, -0.2) is 0 Å². The summed E-state index contributed by atoms with van der Waals surface area (Å²) in [4.78, 5) is 0. The predicted molar refractivity (Wildman–Crippen MR) is 232 cm³/mol. The van der Waals surface area contributed by atoms with Crippen LogP contribution in [0.3, 0.4) is 0 Å². The highest BCUT2D eigenvalue weighted by Gasteiger charge is 2.51. The van der Waals surface area contributed by atoms with E-state index in [2.05, 4.69) is 206 Å². The van der Waals surface area contributed by atoms with Gasteiger partial charge in [-0.1, -0.05) is 170 Å². The van der Waals surface area contributed by atoms with Crippen molar-refractivity contribution in [2.75, 3.05) is 0 Å². The summed E-state index contributed by atoms with van der Waals surface area (Å²) in [5.41, 5.74) is 17.8. The maximum absolute atomic E-state index is 2.49. The fraction of sp³-hybridized carbons (Fsp3) is 0.0182. The number of hydrogen-bond donors (Lipinski definition) is 0. The molecule has 0 radical (unpaired) electrons. The third-order valence-electron chi connectivity index (χ3n) is 12.4. The zero-order chi connectivity index (χ0) is 36.1. The summed E-state index contributed by atoms with van der Waals surface area (Å²) in [5.74, 6) is 0. The topological polar surface area (TPSA) is 0 Å². The van der Waals surface area contributed by atoms with E-state index in [4.69, 9.17) is 0 Å². The average molecular weight is 695 g/mol. The maximum Gasteiger partial charge on any atom is 0.0725 e. The first-order chi connectivity index (χ1) is 27.2. The van der Waals surface area contributed by atoms with Crippen LogP contribution in [0.25, 0.3) is 88.0 Å². The Morgan fingerprint density at radius 3 is 0.927 bits per heavy atom. The number of rotatable bonds is 3. The molecule has 254 valence electrons. The van der Waals surface area contributed by atoms with Crippen LogP contribution < -0.4 is 0 Å². The summed E-state index contributed by atoms with van der Waals surface area (Å²) in [6, 6.07) is 77.3. The smallest absolute Gasteiger partial charge is 0.0619 e. The largest absolute Gasteiger partial charge is 0.0725 e. The second-order valence-electron chi connectivity index (χ2n) is 15.3. The minimum absolute atomic E-state index is 0.424. The molecule has 0 heteroatoms. The molecule has 12 rings (SSSR count). The van der Waals surface area contributed by atoms with Gasteiger partial charge in [0.25, 0.3) is 0 Å². The summed E-state index contributed by atoms with van der Waals surface area (Å²) in [7, 11) is 0. The van der Waals surface area contributed by atoms with E-state index in [0.717, 1.165) is 0 Å². The van der Waals surface area contributed by atoms with Crippen molar-refractivity contribution in [2.45, 2.75) is 5.41 Å². The van der Waals surface area contributed by atoms with Gasteiger partial charge >= 0.3 is 0 Å². The zero-order valence-electron chi connectivity index (χ0n) is 30.1. The van der Waals surface area contributed by atoms with E-state index in [0.29, 0.717) is 0 Å². The van der Waals surface area contributed by atoms with E-state index in [1.807, 2.05) is 0 Å². The molecule has 10 aromatic rings. The standard InChI is InChI=1S/C55H34/c1-3-11-37-29-39(19-17-35(37)9-1)40-21-22-42-32-44(24-23-41(42)31-40)46-26-28-50-49-27-25-45(43-20-18-36-10-2-4-12-38(36)30-43)33-53(49)55(54(50)34-46)51-15-7-5-13-47(51)48-14-6-8-16-52(48)55/h1-34H. The first-order valence-electron chi connectivity index (χ1n) is 19.2. The molecule has 0 unspecified atom stereocenters. The summed E-state index contributed by atoms with van der Waals surface area (Å²) < 4.78 is 0. The Morgan fingerprint density at radius 2 is 0.491 bits per heavy atom. The minimum atomic E-state index is -0.424. The molecule has 0 N–H and O–H groups in total. The molecule has 55 heavy (non-hydrogen) atoms. The van der Waals surface area contributed by atoms with Gasteiger partial charge in [-0.2, -0.15) is 0 Å². The van der Waals surface area contributed by atoms with Gasteiger partial charge in [0.05, 0.1) is 5.41 Å². The Balaban J connectivity index is 1.02. The lowest BCUT2D eigenvalue weighted by molar-refractivity contribution is 0.794. The van der Waals surface area contributed by atoms with Crippen molar-refractivity contribution in [3.05, 3.63) is 229 Å². The Hall–Kier alpha value is -7.02. The van der Waals surface area contributed by atoms with Gasteiger partial charge in [0.15, 0.2) is 0 Å². The average Bonchev–Trinajstić information content (AvgIpc) is 3.72. The van der Waals surface area contributed by atoms with E-state index in [1.165, 1.54) is 110 Å². The van der Waals surface area contributed by atoms with E-state index in [-0.39, 0.29) is 0 Å². The van der Waals surface area contributed by atoms with Crippen molar-refractivity contribution < 1.29 is 0 Å². The molecular formula is C55H34. The molecule has 0 saturated carbocycles. The van der Waals surface area contributed by atoms with Gasteiger partial charge in [0.1, 0.15) is 0 Å². The van der Waals surface area contributed by atoms with E-state index < -0.39 is 5.41 Å². The molecule has 10 aromatic carbocycles. The van der Waals surface area contributed by atoms with Gasteiger partial charge in [0, 0.05) is 0 Å². The minimum Gasteiger partial charge on any atom is -0.0619 e. The van der Waals surface area contributed by atoms with Gasteiger partial charge in [-0.05, 0) is 147 Å². The number of fused-ring (bicyclic) bond motifs is 13. The highest BCUT2D eigenvalue weighted by atomic mass is 14.5. The lowest BCUT2D eigenvalue weighted by atomic mass is 9.70. The lowest BCUT2D eigenvalue weighted by Gasteiger charge is -2.31. The Kier molecular flexibility index (Phi) is 6.36. The normalized spacial score (nSPS) is 13.2. The molecule has 0 aliphatic heterocycles. The van der Waals surface area contributed by atoms with Gasteiger partial charge < -0.3 is 0 Å². The molecule has 0 saturated heterocycles. The lowest BCUT2D eigenvalue weighted by Crippen LogP contribution is -2.26. The number of benzene rings is 10. The Labute approximate surface area is 320 Å². The summed E-state index contributed by atoms with van der Waals surface area (Å²) in [6.07, 6.45) is 0. The molecule has 0 amide bonds. The third-order valence-corrected chi connectivity index (χ3v) is 12.4. The zero-order valence-corrected chi connectivity index (χ0v) is 30.1. The van der Waals surface area contributed by atoms with Crippen LogP contribution in [0.2, 0.25) is 0 Å². The fourth-order valence-electron chi connectivity index (χ4n) is 9.84. The van der Waals surface area contributed by atoms with Crippen LogP contribution in [0, 0.1) is 0 Å². The maximum atomic E-state index is 2.49. The summed E-state index contributed by atoms with van der Waals surface area (Å²) in [6.45, 7) is 0. The summed E-state index contributed by atoms with van der Waals surface area (Å²) in [5, 5.41) is 7.56. The molecule has 0 atom stereocenters. The van der Waals surface area contributed by atoms with Gasteiger partial charge in [0.2, 0.25) is 0 Å². The molecule has 0 aromatic heterocycles. The van der Waals surface area contributed by atoms with Crippen LogP contribution >= 0.6 is 0 Å². The van der Waals surface area contributed by atoms with E-state index in [1.54, 1.807) is 0 Å². The van der Waals surface area contributed by atoms with Crippen molar-refractivity contribution in [2.24, 2.45) is 0 Å². The SMILES string of the molecule is c1ccc2c(c1)-c1ccccc1C21c2cc(-c3ccc4ccccc4c3)ccc2-c2ccc(-c3ccc4cc(-c5ccc6ccccc6c5)ccc4c3)cc21. The molecule has 0 bridgehead atoms. The molecule has 2 aliphatic carbocycles. The van der Waals surface area contributed by atoms with Crippen LogP contribution in [-0.4, -0.2) is 0 Å². The van der Waals surface area contributed by atoms with Crippen molar-refractivity contribution in [3.63, 3.8) is 0 Å². The Morgan fingerprint density at radius 1 is 0.200 bits per heavy atom. The Bertz CT molecular complexity index is 3170. The van der Waals surface area contributed by atoms with E-state index >= 15 is 0 Å². The van der Waals surface area contributed by atoms with Gasteiger partial charge in [-0.3, -0.25) is 0 Å². The third kappa shape index (κ3) is 4.40. The van der Waals surface area contributed by atoms with Crippen LogP contribution in [0.15, 0.2) is 206 Å². The van der Waals surface area contributed by atoms with Crippen LogP contribution in [0.1, 0.15) is 22.3 Å². The first-order valence-corrected chi connectivity index (χ1v) is 19.2. The van der Waals surface area contributed by atoms with Gasteiger partial charge in [-0.15, -0.1) is 0 Å². The number of hydrogen-bond acceptors (Lipinski definition) is 0. The van der Waals surface area contributed by atoms with Crippen LogP contribution in [0.4, 0.5) is 0 Å². The molecule has 0 fully saturated rings. The highest BCUT2D eigenvalue weighted by Crippen LogP contribution is 2.63. The van der Waals surface area contributed by atoms with Crippen molar-refractivity contribution in [3.8, 4) is 55.6 Å². The van der Waals surface area contributed by atoms with Crippen molar-refractivity contribution >= 4 is 32.3 Å². The monoisotopic (exact) mass is 694 g/mol. The van der Waals surface area contributed by atoms with Crippen molar-refractivity contribution in [1.82, 2.24) is 0 Å².